The first-order chi connectivity index (χ1) is 16.0. The fraction of sp³-hybridized carbons (Fsp3) is 0. The molecule has 0 aliphatic carbocycles. The van der Waals surface area contributed by atoms with E-state index in [2.05, 4.69) is 31.9 Å². The van der Waals surface area contributed by atoms with Gasteiger partial charge in [-0.25, -0.2) is 19.2 Å². The highest BCUT2D eigenvalue weighted by Gasteiger charge is 2.28. The number of fused-ring (bicyclic) bond motifs is 2. The average molecular weight is 622 g/mol. The van der Waals surface area contributed by atoms with Crippen molar-refractivity contribution in [2.24, 2.45) is 0 Å². The van der Waals surface area contributed by atoms with Crippen LogP contribution in [0.15, 0.2) is 45.3 Å². The SMILES string of the molecule is O.O.O=C(O)c1ccc2c3c(Br)cc(C(=O)O)c4c(C(=O)O)ccc(c5c(Br)cc(C(=O)O)c1c25)c43. The standard InChI is InChI=1S/C24H10Br2O8.2H2O/c25-13-5-12(24(33)34)16-10(22(29)30)4-2-8-18-14(26)6-11(23(31)32)15-9(21(27)28)3-1-7(19(15)18)17(13)20(8)16;;/h1-6H,(H,27,28)(H,29,30)(H,31,32)(H,33,34);2*1H2. The monoisotopic (exact) mass is 620 g/mol. The van der Waals surface area contributed by atoms with E-state index in [9.17, 15) is 39.6 Å². The molecule has 0 saturated heterocycles. The van der Waals surface area contributed by atoms with Gasteiger partial charge in [-0.2, -0.15) is 0 Å². The molecule has 0 bridgehead atoms. The van der Waals surface area contributed by atoms with E-state index in [4.69, 9.17) is 0 Å². The second-order valence-corrected chi connectivity index (χ2v) is 9.31. The van der Waals surface area contributed by atoms with Crippen molar-refractivity contribution < 1.29 is 50.6 Å². The van der Waals surface area contributed by atoms with Crippen LogP contribution in [0.25, 0.3) is 43.1 Å². The number of benzene rings is 5. The Morgan fingerprint density at radius 1 is 0.472 bits per heavy atom. The summed E-state index contributed by atoms with van der Waals surface area (Å²) in [7, 11) is 0. The van der Waals surface area contributed by atoms with Gasteiger partial charge in [0.15, 0.2) is 0 Å². The smallest absolute Gasteiger partial charge is 0.336 e. The van der Waals surface area contributed by atoms with Crippen molar-refractivity contribution in [3.05, 3.63) is 67.6 Å². The third kappa shape index (κ3) is 3.45. The molecule has 0 amide bonds. The predicted molar refractivity (Wildman–Crippen MR) is 138 cm³/mol. The summed E-state index contributed by atoms with van der Waals surface area (Å²) >= 11 is 6.80. The van der Waals surface area contributed by atoms with Gasteiger partial charge in [0, 0.05) is 41.3 Å². The number of rotatable bonds is 4. The second-order valence-electron chi connectivity index (χ2n) is 7.60. The van der Waals surface area contributed by atoms with Crippen molar-refractivity contribution in [3.8, 4) is 0 Å². The van der Waals surface area contributed by atoms with Crippen LogP contribution >= 0.6 is 31.9 Å². The normalized spacial score (nSPS) is 10.9. The molecule has 0 unspecified atom stereocenters. The summed E-state index contributed by atoms with van der Waals surface area (Å²) in [6.07, 6.45) is 0. The Morgan fingerprint density at radius 2 is 0.778 bits per heavy atom. The Labute approximate surface area is 216 Å². The van der Waals surface area contributed by atoms with Crippen LogP contribution < -0.4 is 0 Å². The average Bonchev–Trinajstić information content (AvgIpc) is 2.77. The van der Waals surface area contributed by atoms with Crippen molar-refractivity contribution in [1.82, 2.24) is 0 Å². The summed E-state index contributed by atoms with van der Waals surface area (Å²) in [4.78, 5) is 48.1. The first-order valence-electron chi connectivity index (χ1n) is 9.56. The number of aromatic carboxylic acids is 4. The third-order valence-corrected chi connectivity index (χ3v) is 7.18. The van der Waals surface area contributed by atoms with Gasteiger partial charge in [0.1, 0.15) is 0 Å². The fourth-order valence-corrected chi connectivity index (χ4v) is 5.98. The van der Waals surface area contributed by atoms with E-state index in [0.717, 1.165) is 0 Å². The van der Waals surface area contributed by atoms with Crippen LogP contribution in [-0.2, 0) is 0 Å². The van der Waals surface area contributed by atoms with Crippen molar-refractivity contribution >= 4 is 98.8 Å². The zero-order chi connectivity index (χ0) is 24.6. The van der Waals surface area contributed by atoms with E-state index in [1.165, 1.54) is 36.4 Å². The molecule has 5 aromatic rings. The molecule has 36 heavy (non-hydrogen) atoms. The van der Waals surface area contributed by atoms with Gasteiger partial charge in [0.2, 0.25) is 0 Å². The van der Waals surface area contributed by atoms with Gasteiger partial charge in [-0.3, -0.25) is 0 Å². The molecule has 0 fully saturated rings. The van der Waals surface area contributed by atoms with Crippen LogP contribution in [0.4, 0.5) is 0 Å². The summed E-state index contributed by atoms with van der Waals surface area (Å²) in [5, 5.41) is 41.8. The maximum Gasteiger partial charge on any atom is 0.336 e. The minimum absolute atomic E-state index is 0. The Hall–Kier alpha value is -3.84. The fourth-order valence-electron chi connectivity index (χ4n) is 4.70. The van der Waals surface area contributed by atoms with Crippen LogP contribution in [0.5, 0.6) is 0 Å². The molecule has 12 heteroatoms. The molecule has 8 N–H and O–H groups in total. The minimum Gasteiger partial charge on any atom is -0.478 e. The lowest BCUT2D eigenvalue weighted by atomic mass is 9.84. The van der Waals surface area contributed by atoms with E-state index >= 15 is 0 Å². The maximum atomic E-state index is 12.1. The lowest BCUT2D eigenvalue weighted by molar-refractivity contribution is 0.0681. The lowest BCUT2D eigenvalue weighted by Crippen LogP contribution is -2.07. The summed E-state index contributed by atoms with van der Waals surface area (Å²) < 4.78 is 0.682. The largest absolute Gasteiger partial charge is 0.478 e. The molecule has 0 heterocycles. The topological polar surface area (TPSA) is 212 Å². The molecule has 0 aliphatic rings. The Bertz CT molecular complexity index is 1660. The molecule has 5 rings (SSSR count). The number of carbonyl (C=O) groups is 4. The summed E-state index contributed by atoms with van der Waals surface area (Å²) in [5.41, 5.74) is -0.843. The third-order valence-electron chi connectivity index (χ3n) is 5.93. The van der Waals surface area contributed by atoms with Crippen molar-refractivity contribution in [2.45, 2.75) is 0 Å². The van der Waals surface area contributed by atoms with E-state index in [-0.39, 0.29) is 44.0 Å². The van der Waals surface area contributed by atoms with Gasteiger partial charge in [0.05, 0.1) is 22.3 Å². The summed E-state index contributed by atoms with van der Waals surface area (Å²) in [5.74, 6) is -5.24. The zero-order valence-electron chi connectivity index (χ0n) is 17.6. The molecule has 0 aromatic heterocycles. The highest BCUT2D eigenvalue weighted by molar-refractivity contribution is 9.11. The quantitative estimate of drug-likeness (QED) is 0.166. The molecule has 10 nitrogen and oxygen atoms in total. The molecule has 184 valence electrons. The van der Waals surface area contributed by atoms with Gasteiger partial charge in [-0.1, -0.05) is 44.0 Å². The van der Waals surface area contributed by atoms with Gasteiger partial charge in [-0.05, 0) is 35.0 Å². The van der Waals surface area contributed by atoms with Crippen LogP contribution in [0, 0.1) is 0 Å². The molecular formula is C24H14Br2O10. The highest BCUT2D eigenvalue weighted by Crippen LogP contribution is 2.48. The minimum atomic E-state index is -1.32. The molecule has 0 saturated carbocycles. The van der Waals surface area contributed by atoms with Crippen LogP contribution in [0.3, 0.4) is 0 Å². The van der Waals surface area contributed by atoms with Gasteiger partial charge in [0.25, 0.3) is 0 Å². The zero-order valence-corrected chi connectivity index (χ0v) is 20.8. The highest BCUT2D eigenvalue weighted by atomic mass is 79.9. The van der Waals surface area contributed by atoms with Gasteiger partial charge < -0.3 is 31.4 Å². The predicted octanol–water partition coefficient (Wildman–Crippen LogP) is 4.41. The molecule has 0 aliphatic heterocycles. The van der Waals surface area contributed by atoms with Crippen LogP contribution in [0.2, 0.25) is 0 Å². The first-order valence-corrected chi connectivity index (χ1v) is 11.2. The van der Waals surface area contributed by atoms with Crippen LogP contribution in [-0.4, -0.2) is 55.3 Å². The van der Waals surface area contributed by atoms with Gasteiger partial charge in [-0.15, -0.1) is 0 Å². The van der Waals surface area contributed by atoms with Crippen LogP contribution in [0.1, 0.15) is 41.4 Å². The summed E-state index contributed by atoms with van der Waals surface area (Å²) in [6.45, 7) is 0. The molecule has 0 spiro atoms. The molecule has 0 atom stereocenters. The van der Waals surface area contributed by atoms with Crippen molar-refractivity contribution in [3.63, 3.8) is 0 Å². The maximum absolute atomic E-state index is 12.1. The van der Waals surface area contributed by atoms with E-state index in [1.807, 2.05) is 0 Å². The number of hydrogen-bond donors (Lipinski definition) is 4. The number of hydrogen-bond acceptors (Lipinski definition) is 4. The number of halogens is 2. The molecular weight excluding hydrogens is 608 g/mol. The molecule has 5 aromatic carbocycles. The van der Waals surface area contributed by atoms with Gasteiger partial charge >= 0.3 is 23.9 Å². The Kier molecular flexibility index (Phi) is 6.68. The van der Waals surface area contributed by atoms with E-state index in [1.54, 1.807) is 0 Å². The summed E-state index contributed by atoms with van der Waals surface area (Å²) in [6, 6.07) is 8.22. The Morgan fingerprint density at radius 3 is 1.06 bits per heavy atom. The van der Waals surface area contributed by atoms with E-state index < -0.39 is 23.9 Å². The Balaban J connectivity index is 0.00000180. The molecule has 0 radical (unpaired) electrons. The first kappa shape index (κ1) is 26.8. The second kappa shape index (κ2) is 8.99. The van der Waals surface area contributed by atoms with Crippen molar-refractivity contribution in [1.29, 1.82) is 0 Å². The van der Waals surface area contributed by atoms with E-state index in [0.29, 0.717) is 41.3 Å². The number of carboxylic acid groups (broad SMARTS) is 4. The number of carboxylic acids is 4. The van der Waals surface area contributed by atoms with Crippen molar-refractivity contribution in [2.75, 3.05) is 0 Å². The lowest BCUT2D eigenvalue weighted by Gasteiger charge is -2.20.